The summed E-state index contributed by atoms with van der Waals surface area (Å²) in [5, 5.41) is 10.2. The number of halogens is 2. The van der Waals surface area contributed by atoms with E-state index in [9.17, 15) is 22.7 Å². The molecule has 138 valence electrons. The van der Waals surface area contributed by atoms with Crippen LogP contribution in [0.25, 0.3) is 0 Å². The highest BCUT2D eigenvalue weighted by Crippen LogP contribution is 2.25. The van der Waals surface area contributed by atoms with Crippen LogP contribution in [0.1, 0.15) is 10.4 Å². The lowest BCUT2D eigenvalue weighted by Gasteiger charge is -2.34. The largest absolute Gasteiger partial charge is 0.507 e. The Morgan fingerprint density at radius 3 is 2.35 bits per heavy atom. The Morgan fingerprint density at radius 1 is 1.08 bits per heavy atom. The van der Waals surface area contributed by atoms with Crippen molar-refractivity contribution in [3.05, 3.63) is 58.9 Å². The van der Waals surface area contributed by atoms with E-state index in [4.69, 9.17) is 11.6 Å². The molecule has 6 nitrogen and oxygen atoms in total. The van der Waals surface area contributed by atoms with Crippen LogP contribution >= 0.6 is 11.6 Å². The molecule has 1 aliphatic rings. The lowest BCUT2D eigenvalue weighted by atomic mass is 10.1. The third-order valence-electron chi connectivity index (χ3n) is 4.17. The van der Waals surface area contributed by atoms with Crippen LogP contribution in [-0.2, 0) is 10.0 Å². The van der Waals surface area contributed by atoms with E-state index in [1.165, 1.54) is 41.3 Å². The van der Waals surface area contributed by atoms with Crippen LogP contribution in [0.4, 0.5) is 4.39 Å². The molecule has 0 atom stereocenters. The molecular formula is C17H16ClFN2O4S. The van der Waals surface area contributed by atoms with Gasteiger partial charge in [0, 0.05) is 31.2 Å². The fourth-order valence-electron chi connectivity index (χ4n) is 2.78. The lowest BCUT2D eigenvalue weighted by molar-refractivity contribution is 0.0694. The van der Waals surface area contributed by atoms with Gasteiger partial charge in [0.2, 0.25) is 10.0 Å². The summed E-state index contributed by atoms with van der Waals surface area (Å²) in [5.74, 6) is -1.46. The highest BCUT2D eigenvalue weighted by Gasteiger charge is 2.32. The zero-order valence-corrected chi connectivity index (χ0v) is 15.2. The number of amides is 1. The van der Waals surface area contributed by atoms with Crippen LogP contribution in [0.2, 0.25) is 5.02 Å². The fourth-order valence-corrected chi connectivity index (χ4v) is 4.43. The Labute approximate surface area is 155 Å². The van der Waals surface area contributed by atoms with E-state index in [2.05, 4.69) is 0 Å². The van der Waals surface area contributed by atoms with E-state index < -0.39 is 21.7 Å². The highest BCUT2D eigenvalue weighted by atomic mass is 35.5. The molecule has 0 unspecified atom stereocenters. The van der Waals surface area contributed by atoms with Gasteiger partial charge in [-0.1, -0.05) is 23.7 Å². The molecule has 0 aliphatic carbocycles. The summed E-state index contributed by atoms with van der Waals surface area (Å²) in [7, 11) is -3.97. The summed E-state index contributed by atoms with van der Waals surface area (Å²) >= 11 is 5.76. The molecule has 0 bridgehead atoms. The van der Waals surface area contributed by atoms with Crippen molar-refractivity contribution >= 4 is 27.5 Å². The summed E-state index contributed by atoms with van der Waals surface area (Å²) in [5.41, 5.74) is 0.0970. The van der Waals surface area contributed by atoms with Crippen LogP contribution < -0.4 is 0 Å². The van der Waals surface area contributed by atoms with Gasteiger partial charge in [-0.3, -0.25) is 4.79 Å². The van der Waals surface area contributed by atoms with Crippen molar-refractivity contribution in [2.24, 2.45) is 0 Å². The first-order valence-corrected chi connectivity index (χ1v) is 9.65. The molecule has 0 spiro atoms. The Morgan fingerprint density at radius 2 is 1.73 bits per heavy atom. The zero-order valence-electron chi connectivity index (χ0n) is 13.6. The van der Waals surface area contributed by atoms with Crippen molar-refractivity contribution < 1.29 is 22.7 Å². The molecule has 1 heterocycles. The van der Waals surface area contributed by atoms with Gasteiger partial charge in [-0.2, -0.15) is 4.31 Å². The average Bonchev–Trinajstić information content (AvgIpc) is 2.61. The topological polar surface area (TPSA) is 77.9 Å². The molecule has 3 rings (SSSR count). The van der Waals surface area contributed by atoms with Gasteiger partial charge >= 0.3 is 0 Å². The monoisotopic (exact) mass is 398 g/mol. The van der Waals surface area contributed by atoms with Crippen molar-refractivity contribution in [1.29, 1.82) is 0 Å². The predicted octanol–water partition coefficient (Wildman–Crippen LogP) is 2.33. The Balaban J connectivity index is 1.73. The molecule has 1 aliphatic heterocycles. The van der Waals surface area contributed by atoms with Gasteiger partial charge in [0.05, 0.1) is 5.56 Å². The Kier molecular flexibility index (Phi) is 5.17. The van der Waals surface area contributed by atoms with Crippen LogP contribution in [0, 0.1) is 5.82 Å². The van der Waals surface area contributed by atoms with Crippen LogP contribution in [0.15, 0.2) is 47.4 Å². The van der Waals surface area contributed by atoms with Crippen molar-refractivity contribution in [3.63, 3.8) is 0 Å². The van der Waals surface area contributed by atoms with Crippen LogP contribution in [0.3, 0.4) is 0 Å². The summed E-state index contributed by atoms with van der Waals surface area (Å²) in [4.78, 5) is 13.6. The van der Waals surface area contributed by atoms with Gasteiger partial charge in [-0.15, -0.1) is 0 Å². The molecule has 2 aromatic carbocycles. The molecule has 1 saturated heterocycles. The van der Waals surface area contributed by atoms with Crippen LogP contribution in [0.5, 0.6) is 5.75 Å². The van der Waals surface area contributed by atoms with E-state index in [1.54, 1.807) is 0 Å². The predicted molar refractivity (Wildman–Crippen MR) is 94.2 cm³/mol. The minimum Gasteiger partial charge on any atom is -0.507 e. The number of rotatable bonds is 3. The number of hydrogen-bond acceptors (Lipinski definition) is 4. The number of carbonyl (C=O) groups excluding carboxylic acids is 1. The molecule has 1 N–H and O–H groups in total. The number of benzene rings is 2. The third-order valence-corrected chi connectivity index (χ3v) is 6.34. The number of aromatic hydroxyl groups is 1. The van der Waals surface area contributed by atoms with Gasteiger partial charge in [-0.25, -0.2) is 12.8 Å². The molecule has 0 radical (unpaired) electrons. The first-order chi connectivity index (χ1) is 12.3. The average molecular weight is 399 g/mol. The van der Waals surface area contributed by atoms with Crippen molar-refractivity contribution in [2.45, 2.75) is 4.90 Å². The van der Waals surface area contributed by atoms with Crippen molar-refractivity contribution in [1.82, 2.24) is 9.21 Å². The molecule has 2 aromatic rings. The van der Waals surface area contributed by atoms with Gasteiger partial charge < -0.3 is 10.0 Å². The van der Waals surface area contributed by atoms with E-state index in [0.29, 0.717) is 5.02 Å². The maximum absolute atomic E-state index is 13.8. The van der Waals surface area contributed by atoms with E-state index in [0.717, 1.165) is 10.4 Å². The number of nitrogens with zero attached hydrogens (tertiary/aromatic N) is 2. The molecule has 9 heteroatoms. The second-order valence-corrected chi connectivity index (χ2v) is 8.13. The minimum atomic E-state index is -3.97. The number of sulfonamides is 1. The van der Waals surface area contributed by atoms with Gasteiger partial charge in [0.25, 0.3) is 5.91 Å². The number of hydrogen-bond donors (Lipinski definition) is 1. The van der Waals surface area contributed by atoms with E-state index in [-0.39, 0.29) is 42.4 Å². The molecular weight excluding hydrogens is 383 g/mol. The Bertz CT molecular complexity index is 944. The standard InChI is InChI=1S/C17H16ClFN2O4S/c18-12-5-6-13(15(22)11-12)17(23)20-7-9-21(10-8-20)26(24,25)16-4-2-1-3-14(16)19/h1-6,11,22H,7-10H2. The lowest BCUT2D eigenvalue weighted by Crippen LogP contribution is -2.50. The second kappa shape index (κ2) is 7.22. The molecule has 26 heavy (non-hydrogen) atoms. The van der Waals surface area contributed by atoms with Gasteiger partial charge in [-0.05, 0) is 30.3 Å². The van der Waals surface area contributed by atoms with E-state index in [1.807, 2.05) is 0 Å². The normalized spacial score (nSPS) is 15.8. The molecule has 0 aromatic heterocycles. The highest BCUT2D eigenvalue weighted by molar-refractivity contribution is 7.89. The smallest absolute Gasteiger partial charge is 0.257 e. The molecule has 0 saturated carbocycles. The Hall–Kier alpha value is -2.16. The number of phenols is 1. The molecule has 1 fully saturated rings. The second-order valence-electron chi connectivity index (χ2n) is 5.79. The minimum absolute atomic E-state index is 0.0385. The van der Waals surface area contributed by atoms with Crippen molar-refractivity contribution in [3.8, 4) is 5.75 Å². The maximum Gasteiger partial charge on any atom is 0.257 e. The first-order valence-electron chi connectivity index (χ1n) is 7.83. The number of phenolic OH excluding ortho intramolecular Hbond substituents is 1. The summed E-state index contributed by atoms with van der Waals surface area (Å²) in [6.45, 7) is 0.344. The third kappa shape index (κ3) is 3.53. The quantitative estimate of drug-likeness (QED) is 0.860. The molecule has 1 amide bonds. The number of piperazine rings is 1. The van der Waals surface area contributed by atoms with Gasteiger partial charge in [0.1, 0.15) is 16.5 Å². The maximum atomic E-state index is 13.8. The fraction of sp³-hybridized carbons (Fsp3) is 0.235. The summed E-state index contributed by atoms with van der Waals surface area (Å²) in [6, 6.07) is 9.37. The van der Waals surface area contributed by atoms with E-state index >= 15 is 0 Å². The number of carbonyl (C=O) groups is 1. The van der Waals surface area contributed by atoms with Crippen molar-refractivity contribution in [2.75, 3.05) is 26.2 Å². The van der Waals surface area contributed by atoms with Crippen LogP contribution in [-0.4, -0.2) is 54.8 Å². The summed E-state index contributed by atoms with van der Waals surface area (Å²) in [6.07, 6.45) is 0. The first kappa shape index (κ1) is 18.6. The summed E-state index contributed by atoms with van der Waals surface area (Å²) < 4.78 is 40.1. The van der Waals surface area contributed by atoms with Gasteiger partial charge in [0.15, 0.2) is 0 Å². The SMILES string of the molecule is O=C(c1ccc(Cl)cc1O)N1CCN(S(=O)(=O)c2ccccc2F)CC1. The zero-order chi connectivity index (χ0) is 18.9.